The van der Waals surface area contributed by atoms with Gasteiger partial charge in [0.25, 0.3) is 0 Å². The molecule has 1 aliphatic heterocycles. The maximum absolute atomic E-state index is 5.88. The van der Waals surface area contributed by atoms with Crippen molar-refractivity contribution < 1.29 is 4.74 Å². The monoisotopic (exact) mass is 282 g/mol. The Labute approximate surface area is 125 Å². The van der Waals surface area contributed by atoms with Crippen LogP contribution in [0.5, 0.6) is 0 Å². The van der Waals surface area contributed by atoms with Gasteiger partial charge in [0.1, 0.15) is 0 Å². The number of nitrogens with one attached hydrogen (secondary N) is 1. The highest BCUT2D eigenvalue weighted by atomic mass is 16.5. The molecule has 1 N–H and O–H groups in total. The van der Waals surface area contributed by atoms with Crippen LogP contribution in [0.4, 0.5) is 0 Å². The molecule has 3 heteroatoms. The second-order valence-electron chi connectivity index (χ2n) is 6.95. The topological polar surface area (TPSA) is 24.5 Å². The van der Waals surface area contributed by atoms with Gasteiger partial charge < -0.3 is 10.1 Å². The molecular weight excluding hydrogens is 248 g/mol. The Morgan fingerprint density at radius 2 is 2.00 bits per heavy atom. The van der Waals surface area contributed by atoms with Crippen LogP contribution >= 0.6 is 0 Å². The molecular formula is C17H34N2O. The number of nitrogens with zero attached hydrogens (tertiary/aromatic N) is 1. The van der Waals surface area contributed by atoms with E-state index in [1.807, 2.05) is 0 Å². The zero-order valence-corrected chi connectivity index (χ0v) is 13.9. The Kier molecular flexibility index (Phi) is 6.31. The van der Waals surface area contributed by atoms with E-state index >= 15 is 0 Å². The van der Waals surface area contributed by atoms with Crippen molar-refractivity contribution in [2.24, 2.45) is 5.92 Å². The van der Waals surface area contributed by atoms with Crippen molar-refractivity contribution in [3.05, 3.63) is 0 Å². The highest BCUT2D eigenvalue weighted by Gasteiger charge is 2.38. The summed E-state index contributed by atoms with van der Waals surface area (Å²) in [6, 6.07) is 2.01. The fourth-order valence-electron chi connectivity index (χ4n) is 3.91. The summed E-state index contributed by atoms with van der Waals surface area (Å²) in [5.74, 6) is 0.871. The van der Waals surface area contributed by atoms with Gasteiger partial charge in [0, 0.05) is 24.7 Å². The minimum absolute atomic E-state index is 0.391. The lowest BCUT2D eigenvalue weighted by atomic mass is 9.81. The summed E-state index contributed by atoms with van der Waals surface area (Å²) in [7, 11) is 0. The molecule has 0 aromatic heterocycles. The van der Waals surface area contributed by atoms with Crippen LogP contribution in [-0.4, -0.2) is 48.8 Å². The number of morpholine rings is 1. The summed E-state index contributed by atoms with van der Waals surface area (Å²) < 4.78 is 5.88. The molecule has 5 unspecified atom stereocenters. The Balaban J connectivity index is 2.06. The second-order valence-corrected chi connectivity index (χ2v) is 6.95. The van der Waals surface area contributed by atoms with Gasteiger partial charge in [-0.3, -0.25) is 4.90 Å². The first kappa shape index (κ1) is 16.3. The zero-order chi connectivity index (χ0) is 14.5. The predicted octanol–water partition coefficient (Wildman–Crippen LogP) is 3.04. The summed E-state index contributed by atoms with van der Waals surface area (Å²) in [5.41, 5.74) is 0. The number of rotatable bonds is 5. The summed E-state index contributed by atoms with van der Waals surface area (Å²) in [6.07, 6.45) is 6.91. The van der Waals surface area contributed by atoms with E-state index in [4.69, 9.17) is 4.74 Å². The minimum atomic E-state index is 0.391. The molecule has 3 nitrogen and oxygen atoms in total. The molecule has 118 valence electrons. The third-order valence-electron chi connectivity index (χ3n) is 5.14. The number of hydrogen-bond acceptors (Lipinski definition) is 3. The molecule has 5 atom stereocenters. The van der Waals surface area contributed by atoms with Gasteiger partial charge in [-0.1, -0.05) is 20.8 Å². The van der Waals surface area contributed by atoms with Gasteiger partial charge in [-0.25, -0.2) is 0 Å². The number of ether oxygens (including phenoxy) is 1. The highest BCUT2D eigenvalue weighted by Crippen LogP contribution is 2.31. The third-order valence-corrected chi connectivity index (χ3v) is 5.14. The van der Waals surface area contributed by atoms with Crippen molar-refractivity contribution in [3.63, 3.8) is 0 Å². The first-order valence-corrected chi connectivity index (χ1v) is 8.76. The average molecular weight is 282 g/mol. The quantitative estimate of drug-likeness (QED) is 0.839. The van der Waals surface area contributed by atoms with Crippen LogP contribution in [0.3, 0.4) is 0 Å². The molecule has 0 aromatic rings. The van der Waals surface area contributed by atoms with Crippen LogP contribution < -0.4 is 5.32 Å². The number of hydrogen-bond donors (Lipinski definition) is 1. The molecule has 0 spiro atoms. The van der Waals surface area contributed by atoms with Crippen LogP contribution in [-0.2, 0) is 4.74 Å². The van der Waals surface area contributed by atoms with Gasteiger partial charge in [0.05, 0.1) is 12.7 Å². The van der Waals surface area contributed by atoms with E-state index in [9.17, 15) is 0 Å². The van der Waals surface area contributed by atoms with Gasteiger partial charge in [0.2, 0.25) is 0 Å². The smallest absolute Gasteiger partial charge is 0.0674 e. The van der Waals surface area contributed by atoms with Crippen LogP contribution in [0, 0.1) is 5.92 Å². The summed E-state index contributed by atoms with van der Waals surface area (Å²) in [5, 5.41) is 3.82. The van der Waals surface area contributed by atoms with E-state index in [0.29, 0.717) is 24.2 Å². The van der Waals surface area contributed by atoms with E-state index in [-0.39, 0.29) is 0 Å². The van der Waals surface area contributed by atoms with Crippen molar-refractivity contribution in [2.45, 2.75) is 84.0 Å². The summed E-state index contributed by atoms with van der Waals surface area (Å²) in [4.78, 5) is 2.77. The molecule has 2 aliphatic rings. The molecule has 0 bridgehead atoms. The van der Waals surface area contributed by atoms with E-state index in [0.717, 1.165) is 25.6 Å². The first-order valence-electron chi connectivity index (χ1n) is 8.76. The maximum atomic E-state index is 5.88. The molecule has 1 heterocycles. The molecule has 2 fully saturated rings. The molecule has 0 amide bonds. The van der Waals surface area contributed by atoms with Gasteiger partial charge >= 0.3 is 0 Å². The largest absolute Gasteiger partial charge is 0.376 e. The fourth-order valence-corrected chi connectivity index (χ4v) is 3.91. The van der Waals surface area contributed by atoms with Crippen LogP contribution in [0.25, 0.3) is 0 Å². The SMILES string of the molecule is CCCNC1CCC(C)CC1N1CC(C)OCC1CC. The fraction of sp³-hybridized carbons (Fsp3) is 1.00. The van der Waals surface area contributed by atoms with Gasteiger partial charge in [-0.05, 0) is 51.5 Å². The van der Waals surface area contributed by atoms with Crippen molar-refractivity contribution >= 4 is 0 Å². The Bertz CT molecular complexity index is 282. The maximum Gasteiger partial charge on any atom is 0.0674 e. The standard InChI is InChI=1S/C17H34N2O/c1-5-9-18-16-8-7-13(3)10-17(16)19-11-14(4)20-12-15(19)6-2/h13-18H,5-12H2,1-4H3. The van der Waals surface area contributed by atoms with E-state index in [2.05, 4.69) is 37.9 Å². The van der Waals surface area contributed by atoms with Crippen molar-refractivity contribution in [1.82, 2.24) is 10.2 Å². The lowest BCUT2D eigenvalue weighted by Crippen LogP contribution is -2.60. The molecule has 20 heavy (non-hydrogen) atoms. The highest BCUT2D eigenvalue weighted by molar-refractivity contribution is 4.94. The third kappa shape index (κ3) is 3.96. The predicted molar refractivity (Wildman–Crippen MR) is 85.1 cm³/mol. The first-order chi connectivity index (χ1) is 9.65. The lowest BCUT2D eigenvalue weighted by Gasteiger charge is -2.49. The average Bonchev–Trinajstić information content (AvgIpc) is 2.46. The molecule has 2 rings (SSSR count). The van der Waals surface area contributed by atoms with Crippen LogP contribution in [0.15, 0.2) is 0 Å². The summed E-state index contributed by atoms with van der Waals surface area (Å²) >= 11 is 0. The lowest BCUT2D eigenvalue weighted by molar-refractivity contribution is -0.0854. The van der Waals surface area contributed by atoms with E-state index in [1.54, 1.807) is 0 Å². The van der Waals surface area contributed by atoms with Crippen LogP contribution in [0.1, 0.15) is 59.8 Å². The van der Waals surface area contributed by atoms with Gasteiger partial charge in [-0.2, -0.15) is 0 Å². The molecule has 1 saturated heterocycles. The Morgan fingerprint density at radius 3 is 2.70 bits per heavy atom. The zero-order valence-electron chi connectivity index (χ0n) is 13.9. The van der Waals surface area contributed by atoms with Crippen molar-refractivity contribution in [2.75, 3.05) is 19.7 Å². The van der Waals surface area contributed by atoms with Crippen molar-refractivity contribution in [1.29, 1.82) is 0 Å². The second kappa shape index (κ2) is 7.77. The molecule has 0 radical (unpaired) electrons. The Hall–Kier alpha value is -0.120. The Morgan fingerprint density at radius 1 is 1.20 bits per heavy atom. The van der Waals surface area contributed by atoms with E-state index in [1.165, 1.54) is 32.1 Å². The minimum Gasteiger partial charge on any atom is -0.376 e. The normalized spacial score (nSPS) is 39.9. The molecule has 1 saturated carbocycles. The van der Waals surface area contributed by atoms with Crippen LogP contribution in [0.2, 0.25) is 0 Å². The summed E-state index contributed by atoms with van der Waals surface area (Å²) in [6.45, 7) is 12.4. The van der Waals surface area contributed by atoms with Crippen molar-refractivity contribution in [3.8, 4) is 0 Å². The van der Waals surface area contributed by atoms with E-state index < -0.39 is 0 Å². The molecule has 0 aromatic carbocycles. The molecule has 1 aliphatic carbocycles. The van der Waals surface area contributed by atoms with Gasteiger partial charge in [0.15, 0.2) is 0 Å². The van der Waals surface area contributed by atoms with Gasteiger partial charge in [-0.15, -0.1) is 0 Å².